The summed E-state index contributed by atoms with van der Waals surface area (Å²) < 4.78 is 6.85. The fraction of sp³-hybridized carbons (Fsp3) is 0.100. The number of hydrogen-bond acceptors (Lipinski definition) is 6. The fourth-order valence-corrected chi connectivity index (χ4v) is 3.82. The van der Waals surface area contributed by atoms with Crippen molar-refractivity contribution in [3.8, 4) is 11.4 Å². The maximum Gasteiger partial charge on any atom is 0.173 e. The first-order valence-corrected chi connectivity index (χ1v) is 9.77. The van der Waals surface area contributed by atoms with Crippen LogP contribution in [-0.4, -0.2) is 38.4 Å². The van der Waals surface area contributed by atoms with Crippen LogP contribution in [0.25, 0.3) is 16.7 Å². The van der Waals surface area contributed by atoms with Crippen LogP contribution in [0.1, 0.15) is 10.4 Å². The van der Waals surface area contributed by atoms with Gasteiger partial charge in [-0.2, -0.15) is 5.10 Å². The molecule has 0 aliphatic rings. The number of ketones is 1. The molecule has 0 aliphatic heterocycles. The van der Waals surface area contributed by atoms with Crippen molar-refractivity contribution in [2.45, 2.75) is 5.03 Å². The molecule has 28 heavy (non-hydrogen) atoms. The first-order chi connectivity index (χ1) is 13.7. The van der Waals surface area contributed by atoms with Crippen LogP contribution in [0.2, 0.25) is 5.02 Å². The molecule has 2 heterocycles. The van der Waals surface area contributed by atoms with E-state index >= 15 is 0 Å². The minimum absolute atomic E-state index is 0.00541. The summed E-state index contributed by atoms with van der Waals surface area (Å²) in [6, 6.07) is 14.5. The van der Waals surface area contributed by atoms with E-state index in [0.717, 1.165) is 11.1 Å². The molecule has 2 aromatic carbocycles. The Labute approximate surface area is 170 Å². The van der Waals surface area contributed by atoms with Gasteiger partial charge in [-0.3, -0.25) is 4.79 Å². The van der Waals surface area contributed by atoms with Crippen molar-refractivity contribution >= 4 is 40.2 Å². The average Bonchev–Trinajstić information content (AvgIpc) is 3.17. The lowest BCUT2D eigenvalue weighted by molar-refractivity contribution is 0.102. The molecule has 0 bridgehead atoms. The number of benzene rings is 2. The summed E-state index contributed by atoms with van der Waals surface area (Å²) in [5, 5.41) is 6.45. The molecule has 0 saturated heterocycles. The van der Waals surface area contributed by atoms with Crippen molar-refractivity contribution in [1.29, 1.82) is 0 Å². The highest BCUT2D eigenvalue weighted by molar-refractivity contribution is 8.00. The van der Waals surface area contributed by atoms with Gasteiger partial charge in [0.15, 0.2) is 11.4 Å². The van der Waals surface area contributed by atoms with Gasteiger partial charge in [0.2, 0.25) is 0 Å². The lowest BCUT2D eigenvalue weighted by Crippen LogP contribution is -2.03. The monoisotopic (exact) mass is 410 g/mol. The predicted octanol–water partition coefficient (Wildman–Crippen LogP) is 4.45. The van der Waals surface area contributed by atoms with Crippen LogP contribution in [0.3, 0.4) is 0 Å². The number of hydrogen-bond donors (Lipinski definition) is 0. The van der Waals surface area contributed by atoms with Crippen molar-refractivity contribution in [3.05, 3.63) is 71.6 Å². The number of carbonyl (C=O) groups is 1. The van der Waals surface area contributed by atoms with Gasteiger partial charge in [-0.1, -0.05) is 47.6 Å². The number of aromatic nitrogens is 4. The van der Waals surface area contributed by atoms with E-state index in [1.165, 1.54) is 18.1 Å². The average molecular weight is 411 g/mol. The highest BCUT2D eigenvalue weighted by Gasteiger charge is 2.15. The Bertz CT molecular complexity index is 1160. The summed E-state index contributed by atoms with van der Waals surface area (Å²) in [5.41, 5.74) is 1.98. The van der Waals surface area contributed by atoms with Gasteiger partial charge in [0.1, 0.15) is 17.1 Å². The fourth-order valence-electron chi connectivity index (χ4n) is 2.75. The van der Waals surface area contributed by atoms with Crippen LogP contribution in [0.15, 0.2) is 66.1 Å². The zero-order valence-electron chi connectivity index (χ0n) is 14.9. The molecule has 4 rings (SSSR count). The number of carbonyl (C=O) groups excluding carboxylic acids is 1. The third-order valence-electron chi connectivity index (χ3n) is 4.14. The Morgan fingerprint density at radius 1 is 1.18 bits per heavy atom. The molecule has 0 aliphatic carbocycles. The summed E-state index contributed by atoms with van der Waals surface area (Å²) in [4.78, 5) is 21.2. The van der Waals surface area contributed by atoms with Gasteiger partial charge >= 0.3 is 0 Å². The molecule has 0 fully saturated rings. The number of Topliss-reactive ketones (excluding diaryl/α,β-unsaturated/α-hetero) is 1. The molecule has 0 N–H and O–H groups in total. The van der Waals surface area contributed by atoms with E-state index in [1.54, 1.807) is 48.3 Å². The maximum absolute atomic E-state index is 12.5. The smallest absolute Gasteiger partial charge is 0.173 e. The number of nitrogens with zero attached hydrogens (tertiary/aromatic N) is 4. The minimum atomic E-state index is -0.00541. The molecule has 0 atom stereocenters. The number of rotatable bonds is 6. The van der Waals surface area contributed by atoms with Crippen molar-refractivity contribution in [3.63, 3.8) is 0 Å². The Hall–Kier alpha value is -2.90. The van der Waals surface area contributed by atoms with E-state index in [1.807, 2.05) is 18.2 Å². The number of ether oxygens (including phenoxy) is 1. The molecule has 0 spiro atoms. The van der Waals surface area contributed by atoms with Gasteiger partial charge in [0.05, 0.1) is 35.2 Å². The lowest BCUT2D eigenvalue weighted by Gasteiger charge is -2.06. The second kappa shape index (κ2) is 8.00. The summed E-state index contributed by atoms with van der Waals surface area (Å²) in [7, 11) is 1.58. The van der Waals surface area contributed by atoms with Crippen molar-refractivity contribution in [2.24, 2.45) is 0 Å². The van der Waals surface area contributed by atoms with Crippen molar-refractivity contribution < 1.29 is 9.53 Å². The summed E-state index contributed by atoms with van der Waals surface area (Å²) in [6.07, 6.45) is 3.16. The number of thioether (sulfide) groups is 1. The van der Waals surface area contributed by atoms with Gasteiger partial charge in [0.25, 0.3) is 0 Å². The highest BCUT2D eigenvalue weighted by atomic mass is 35.5. The van der Waals surface area contributed by atoms with E-state index < -0.39 is 0 Å². The predicted molar refractivity (Wildman–Crippen MR) is 110 cm³/mol. The SMILES string of the molecule is COc1cccc(C(=O)CSc2ncnc3c2cnn3-c2ccccc2Cl)c1. The maximum atomic E-state index is 12.5. The molecule has 140 valence electrons. The topological polar surface area (TPSA) is 69.9 Å². The summed E-state index contributed by atoms with van der Waals surface area (Å²) in [6.45, 7) is 0. The van der Waals surface area contributed by atoms with E-state index in [2.05, 4.69) is 15.1 Å². The Morgan fingerprint density at radius 3 is 2.86 bits per heavy atom. The molecule has 0 unspecified atom stereocenters. The van der Waals surface area contributed by atoms with Crippen molar-refractivity contribution in [1.82, 2.24) is 19.7 Å². The van der Waals surface area contributed by atoms with E-state index in [9.17, 15) is 4.79 Å². The van der Waals surface area contributed by atoms with Crippen LogP contribution in [0, 0.1) is 0 Å². The van der Waals surface area contributed by atoms with Gasteiger partial charge in [-0.05, 0) is 24.3 Å². The van der Waals surface area contributed by atoms with Crippen molar-refractivity contribution in [2.75, 3.05) is 12.9 Å². The number of halogens is 1. The molecule has 4 aromatic rings. The summed E-state index contributed by atoms with van der Waals surface area (Å²) >= 11 is 7.64. The molecule has 2 aromatic heterocycles. The standard InChI is InChI=1S/C20H15ClN4O2S/c1-27-14-6-4-5-13(9-14)18(26)11-28-20-15-10-24-25(19(15)22-12-23-20)17-8-3-2-7-16(17)21/h2-10,12H,11H2,1H3. The largest absolute Gasteiger partial charge is 0.497 e. The normalized spacial score (nSPS) is 10.9. The number of fused-ring (bicyclic) bond motifs is 1. The Balaban J connectivity index is 1.60. The molecule has 0 amide bonds. The number of para-hydroxylation sites is 1. The third kappa shape index (κ3) is 3.58. The second-order valence-electron chi connectivity index (χ2n) is 5.87. The van der Waals surface area contributed by atoms with Crippen LogP contribution in [-0.2, 0) is 0 Å². The highest BCUT2D eigenvalue weighted by Crippen LogP contribution is 2.28. The van der Waals surface area contributed by atoms with E-state index in [0.29, 0.717) is 27.0 Å². The van der Waals surface area contributed by atoms with E-state index in [-0.39, 0.29) is 11.5 Å². The lowest BCUT2D eigenvalue weighted by atomic mass is 10.1. The van der Waals surface area contributed by atoms with Crippen LogP contribution in [0.5, 0.6) is 5.75 Å². The number of methoxy groups -OCH3 is 1. The molecule has 0 saturated carbocycles. The minimum Gasteiger partial charge on any atom is -0.497 e. The Kier molecular flexibility index (Phi) is 5.27. The van der Waals surface area contributed by atoms with Gasteiger partial charge in [-0.25, -0.2) is 14.6 Å². The van der Waals surface area contributed by atoms with Crippen LogP contribution < -0.4 is 4.74 Å². The molecule has 6 nitrogen and oxygen atoms in total. The summed E-state index contributed by atoms with van der Waals surface area (Å²) in [5.74, 6) is 0.895. The van der Waals surface area contributed by atoms with Gasteiger partial charge < -0.3 is 4.74 Å². The van der Waals surface area contributed by atoms with Gasteiger partial charge in [0, 0.05) is 5.56 Å². The molecule has 0 radical (unpaired) electrons. The third-order valence-corrected chi connectivity index (χ3v) is 5.47. The van der Waals surface area contributed by atoms with Crippen LogP contribution in [0.4, 0.5) is 0 Å². The first kappa shape index (κ1) is 18.5. The molecular formula is C20H15ClN4O2S. The molecular weight excluding hydrogens is 396 g/mol. The second-order valence-corrected chi connectivity index (χ2v) is 7.24. The van der Waals surface area contributed by atoms with Gasteiger partial charge in [-0.15, -0.1) is 0 Å². The molecule has 8 heteroatoms. The first-order valence-electron chi connectivity index (χ1n) is 8.41. The van der Waals surface area contributed by atoms with E-state index in [4.69, 9.17) is 16.3 Å². The Morgan fingerprint density at radius 2 is 2.04 bits per heavy atom. The zero-order chi connectivity index (χ0) is 19.5. The van der Waals surface area contributed by atoms with Crippen LogP contribution >= 0.6 is 23.4 Å². The zero-order valence-corrected chi connectivity index (χ0v) is 16.4. The quantitative estimate of drug-likeness (QED) is 0.265.